The average molecular weight is 428 g/mol. The third-order valence-corrected chi connectivity index (χ3v) is 5.97. The van der Waals surface area contributed by atoms with E-state index in [1.165, 1.54) is 12.1 Å². The van der Waals surface area contributed by atoms with E-state index >= 15 is 0 Å². The molecule has 1 atom stereocenters. The fourth-order valence-electron chi connectivity index (χ4n) is 3.17. The van der Waals surface area contributed by atoms with E-state index in [1.54, 1.807) is 54.6 Å². The summed E-state index contributed by atoms with van der Waals surface area (Å²) in [6, 6.07) is 19.8. The number of carbonyl (C=O) groups is 1. The van der Waals surface area contributed by atoms with Gasteiger partial charge in [0, 0.05) is 21.4 Å². The fraction of sp³-hybridized carbons (Fsp3) is 0.0870. The van der Waals surface area contributed by atoms with Crippen molar-refractivity contribution in [3.63, 3.8) is 0 Å². The Morgan fingerprint density at radius 1 is 0.900 bits per heavy atom. The lowest BCUT2D eigenvalue weighted by atomic mass is 10.0. The molecule has 30 heavy (non-hydrogen) atoms. The number of benzene rings is 3. The van der Waals surface area contributed by atoms with Gasteiger partial charge in [-0.25, -0.2) is 0 Å². The molecule has 3 aromatic carbocycles. The van der Waals surface area contributed by atoms with Crippen LogP contribution in [0.2, 0.25) is 0 Å². The van der Waals surface area contributed by atoms with E-state index in [2.05, 4.69) is 0 Å². The molecule has 4 aromatic rings. The first-order chi connectivity index (χ1) is 14.3. The Morgan fingerprint density at radius 2 is 1.60 bits per heavy atom. The minimum atomic E-state index is -4.53. The van der Waals surface area contributed by atoms with Crippen LogP contribution in [0.1, 0.15) is 27.2 Å². The van der Waals surface area contributed by atoms with Crippen LogP contribution in [0.25, 0.3) is 11.0 Å². The van der Waals surface area contributed by atoms with Gasteiger partial charge in [-0.2, -0.15) is 13.2 Å². The highest BCUT2D eigenvalue weighted by atomic mass is 32.2. The predicted octanol–water partition coefficient (Wildman–Crippen LogP) is 5.99. The first-order valence-corrected chi connectivity index (χ1v) is 10.3. The first kappa shape index (κ1) is 20.1. The highest BCUT2D eigenvalue weighted by molar-refractivity contribution is 7.84. The van der Waals surface area contributed by atoms with Gasteiger partial charge >= 0.3 is 6.18 Å². The van der Waals surface area contributed by atoms with Gasteiger partial charge in [0.2, 0.25) is 5.78 Å². The third-order valence-electron chi connectivity index (χ3n) is 4.64. The number of ketones is 1. The first-order valence-electron chi connectivity index (χ1n) is 9.00. The Balaban J connectivity index is 1.75. The Hall–Kier alpha value is -3.19. The maximum atomic E-state index is 13.0. The highest BCUT2D eigenvalue weighted by Crippen LogP contribution is 2.32. The number of furan rings is 1. The molecule has 0 N–H and O–H groups in total. The van der Waals surface area contributed by atoms with Crippen LogP contribution in [0.3, 0.4) is 0 Å². The summed E-state index contributed by atoms with van der Waals surface area (Å²) in [6.45, 7) is 0. The number of halogens is 3. The van der Waals surface area contributed by atoms with Gasteiger partial charge in [0.25, 0.3) is 0 Å². The summed E-state index contributed by atoms with van der Waals surface area (Å²) in [7, 11) is -1.81. The van der Waals surface area contributed by atoms with Crippen molar-refractivity contribution < 1.29 is 26.6 Å². The monoisotopic (exact) mass is 428 g/mol. The summed E-state index contributed by atoms with van der Waals surface area (Å²) in [5.41, 5.74) is 0.400. The highest BCUT2D eigenvalue weighted by Gasteiger charge is 2.31. The molecular formula is C23H15F3O3S. The maximum Gasteiger partial charge on any atom is 0.416 e. The second-order valence-electron chi connectivity index (χ2n) is 6.62. The molecule has 1 aromatic heterocycles. The van der Waals surface area contributed by atoms with E-state index < -0.39 is 22.5 Å². The molecule has 1 unspecified atom stereocenters. The standard InChI is InChI=1S/C23H15F3O3S/c24-23(25,26)16-9-6-10-17(13-16)30(28)14-19-18-11-4-5-12-20(18)29-22(19)21(27)15-7-2-1-3-8-15/h1-13H,14H2. The van der Waals surface area contributed by atoms with Gasteiger partial charge in [-0.1, -0.05) is 54.6 Å². The zero-order valence-electron chi connectivity index (χ0n) is 15.5. The van der Waals surface area contributed by atoms with Gasteiger partial charge in [0.05, 0.1) is 22.1 Å². The Morgan fingerprint density at radius 3 is 2.33 bits per heavy atom. The SMILES string of the molecule is O=C(c1ccccc1)c1oc2ccccc2c1CS(=O)c1cccc(C(F)(F)F)c1. The number of carbonyl (C=O) groups excluding carboxylic acids is 1. The van der Waals surface area contributed by atoms with Gasteiger partial charge in [-0.3, -0.25) is 9.00 Å². The molecule has 0 saturated heterocycles. The Labute approximate surface area is 172 Å². The zero-order valence-corrected chi connectivity index (χ0v) is 16.3. The molecule has 0 spiro atoms. The van der Waals surface area contributed by atoms with Gasteiger partial charge in [-0.15, -0.1) is 0 Å². The largest absolute Gasteiger partial charge is 0.452 e. The number of rotatable bonds is 5. The molecule has 7 heteroatoms. The summed E-state index contributed by atoms with van der Waals surface area (Å²) in [4.78, 5) is 13.0. The second kappa shape index (κ2) is 7.91. The van der Waals surface area contributed by atoms with Crippen molar-refractivity contribution in [3.8, 4) is 0 Å². The van der Waals surface area contributed by atoms with Crippen LogP contribution in [0.5, 0.6) is 0 Å². The number of alkyl halides is 3. The van der Waals surface area contributed by atoms with E-state index in [0.29, 0.717) is 22.1 Å². The molecular weight excluding hydrogens is 413 g/mol. The second-order valence-corrected chi connectivity index (χ2v) is 8.07. The lowest BCUT2D eigenvalue weighted by molar-refractivity contribution is -0.137. The average Bonchev–Trinajstić information content (AvgIpc) is 3.11. The predicted molar refractivity (Wildman–Crippen MR) is 108 cm³/mol. The van der Waals surface area contributed by atoms with E-state index in [0.717, 1.165) is 12.1 Å². The normalized spacial score (nSPS) is 12.8. The topological polar surface area (TPSA) is 47.3 Å². The molecule has 1 heterocycles. The number of fused-ring (bicyclic) bond motifs is 1. The maximum absolute atomic E-state index is 13.0. The third kappa shape index (κ3) is 3.93. The molecule has 152 valence electrons. The molecule has 0 radical (unpaired) electrons. The summed E-state index contributed by atoms with van der Waals surface area (Å²) < 4.78 is 57.8. The molecule has 0 amide bonds. The Kier molecular flexibility index (Phi) is 5.30. The number of hydrogen-bond acceptors (Lipinski definition) is 3. The molecule has 0 aliphatic rings. The molecule has 0 fully saturated rings. The molecule has 0 aliphatic carbocycles. The van der Waals surface area contributed by atoms with E-state index in [1.807, 2.05) is 0 Å². The number of hydrogen-bond donors (Lipinski definition) is 0. The van der Waals surface area contributed by atoms with E-state index in [4.69, 9.17) is 4.42 Å². The molecule has 0 saturated carbocycles. The number of para-hydroxylation sites is 1. The lowest BCUT2D eigenvalue weighted by Crippen LogP contribution is -2.08. The molecule has 0 bridgehead atoms. The molecule has 0 aliphatic heterocycles. The van der Waals surface area contributed by atoms with Crippen molar-refractivity contribution >= 4 is 27.6 Å². The van der Waals surface area contributed by atoms with Crippen LogP contribution in [0, 0.1) is 0 Å². The molecule has 3 nitrogen and oxygen atoms in total. The van der Waals surface area contributed by atoms with Crippen LogP contribution < -0.4 is 0 Å². The Bertz CT molecular complexity index is 1240. The van der Waals surface area contributed by atoms with Crippen molar-refractivity contribution in [2.75, 3.05) is 0 Å². The summed E-state index contributed by atoms with van der Waals surface area (Å²) in [6.07, 6.45) is -4.53. The summed E-state index contributed by atoms with van der Waals surface area (Å²) in [5.74, 6) is -0.475. The van der Waals surface area contributed by atoms with Crippen LogP contribution in [0.4, 0.5) is 13.2 Å². The minimum Gasteiger partial charge on any atom is -0.452 e. The quantitative estimate of drug-likeness (QED) is 0.367. The summed E-state index contributed by atoms with van der Waals surface area (Å²) in [5, 5.41) is 0.608. The van der Waals surface area contributed by atoms with Gasteiger partial charge in [0.15, 0.2) is 5.76 Å². The van der Waals surface area contributed by atoms with E-state index in [-0.39, 0.29) is 22.2 Å². The van der Waals surface area contributed by atoms with Crippen LogP contribution in [-0.2, 0) is 22.7 Å². The molecule has 4 rings (SSSR count). The van der Waals surface area contributed by atoms with Crippen molar-refractivity contribution in [1.29, 1.82) is 0 Å². The van der Waals surface area contributed by atoms with Crippen LogP contribution >= 0.6 is 0 Å². The van der Waals surface area contributed by atoms with Crippen LogP contribution in [0.15, 0.2) is 88.2 Å². The van der Waals surface area contributed by atoms with Gasteiger partial charge < -0.3 is 4.42 Å². The van der Waals surface area contributed by atoms with Crippen LogP contribution in [-0.4, -0.2) is 9.99 Å². The minimum absolute atomic E-state index is 0.0354. The zero-order chi connectivity index (χ0) is 21.3. The lowest BCUT2D eigenvalue weighted by Gasteiger charge is -2.09. The van der Waals surface area contributed by atoms with Crippen molar-refractivity contribution in [3.05, 3.63) is 101 Å². The smallest absolute Gasteiger partial charge is 0.416 e. The van der Waals surface area contributed by atoms with E-state index in [9.17, 15) is 22.2 Å². The van der Waals surface area contributed by atoms with Crippen molar-refractivity contribution in [1.82, 2.24) is 0 Å². The fourth-order valence-corrected chi connectivity index (χ4v) is 4.38. The van der Waals surface area contributed by atoms with Gasteiger partial charge in [0.1, 0.15) is 5.58 Å². The van der Waals surface area contributed by atoms with Gasteiger partial charge in [-0.05, 0) is 24.3 Å². The van der Waals surface area contributed by atoms with Crippen molar-refractivity contribution in [2.24, 2.45) is 0 Å². The van der Waals surface area contributed by atoms with Crippen molar-refractivity contribution in [2.45, 2.75) is 16.8 Å². The summed E-state index contributed by atoms with van der Waals surface area (Å²) >= 11 is 0.